The van der Waals surface area contributed by atoms with Crippen LogP contribution >= 0.6 is 15.9 Å². The monoisotopic (exact) mass is 273 g/mol. The van der Waals surface area contributed by atoms with E-state index in [1.54, 1.807) is 17.1 Å². The maximum atomic E-state index is 11.7. The van der Waals surface area contributed by atoms with Gasteiger partial charge >= 0.3 is 0 Å². The lowest BCUT2D eigenvalue weighted by Crippen LogP contribution is -2.37. The van der Waals surface area contributed by atoms with Crippen molar-refractivity contribution in [1.29, 1.82) is 0 Å². The van der Waals surface area contributed by atoms with Crippen molar-refractivity contribution in [3.63, 3.8) is 0 Å². The molecule has 15 heavy (non-hydrogen) atoms. The van der Waals surface area contributed by atoms with Gasteiger partial charge in [0.05, 0.1) is 10.7 Å². The van der Waals surface area contributed by atoms with E-state index in [0.717, 1.165) is 10.9 Å². The van der Waals surface area contributed by atoms with Crippen molar-refractivity contribution in [2.24, 2.45) is 0 Å². The molecule has 0 aliphatic heterocycles. The molecule has 2 unspecified atom stereocenters. The maximum absolute atomic E-state index is 11.7. The van der Waals surface area contributed by atoms with Gasteiger partial charge in [-0.15, -0.1) is 0 Å². The summed E-state index contributed by atoms with van der Waals surface area (Å²) in [5.41, 5.74) is 0. The molecule has 1 heterocycles. The van der Waals surface area contributed by atoms with E-state index in [-0.39, 0.29) is 18.0 Å². The van der Waals surface area contributed by atoms with E-state index in [4.69, 9.17) is 0 Å². The van der Waals surface area contributed by atoms with Gasteiger partial charge in [-0.1, -0.05) is 6.92 Å². The van der Waals surface area contributed by atoms with Crippen LogP contribution in [0.1, 0.15) is 33.2 Å². The predicted molar refractivity (Wildman–Crippen MR) is 62.5 cm³/mol. The highest BCUT2D eigenvalue weighted by Gasteiger charge is 2.16. The minimum absolute atomic E-state index is 0.0000463. The highest BCUT2D eigenvalue weighted by atomic mass is 79.9. The van der Waals surface area contributed by atoms with Crippen molar-refractivity contribution in [2.45, 2.75) is 39.3 Å². The van der Waals surface area contributed by atoms with Crippen molar-refractivity contribution >= 4 is 21.8 Å². The molecular weight excluding hydrogens is 258 g/mol. The van der Waals surface area contributed by atoms with Gasteiger partial charge in [-0.05, 0) is 36.2 Å². The van der Waals surface area contributed by atoms with Crippen molar-refractivity contribution in [3.8, 4) is 0 Å². The van der Waals surface area contributed by atoms with Gasteiger partial charge in [0, 0.05) is 12.2 Å². The molecule has 1 amide bonds. The summed E-state index contributed by atoms with van der Waals surface area (Å²) in [6.45, 7) is 5.86. The Hall–Kier alpha value is -0.840. The van der Waals surface area contributed by atoms with Gasteiger partial charge in [0.2, 0.25) is 5.91 Å². The number of amides is 1. The normalized spacial score (nSPS) is 14.7. The quantitative estimate of drug-likeness (QED) is 0.914. The van der Waals surface area contributed by atoms with E-state index >= 15 is 0 Å². The molecule has 0 spiro atoms. The van der Waals surface area contributed by atoms with Crippen LogP contribution in [0.3, 0.4) is 0 Å². The molecule has 0 aliphatic carbocycles. The molecule has 2 atom stereocenters. The average molecular weight is 274 g/mol. The Morgan fingerprint density at radius 3 is 2.80 bits per heavy atom. The zero-order valence-corrected chi connectivity index (χ0v) is 10.8. The third kappa shape index (κ3) is 3.34. The van der Waals surface area contributed by atoms with Crippen LogP contribution < -0.4 is 5.32 Å². The van der Waals surface area contributed by atoms with Crippen molar-refractivity contribution in [2.75, 3.05) is 0 Å². The summed E-state index contributed by atoms with van der Waals surface area (Å²) >= 11 is 3.30. The first kappa shape index (κ1) is 12.2. The minimum Gasteiger partial charge on any atom is -0.352 e. The van der Waals surface area contributed by atoms with E-state index in [0.29, 0.717) is 0 Å². The SMILES string of the molecule is CCC(C)NC(=O)C(C)n1cc(Br)cn1. The summed E-state index contributed by atoms with van der Waals surface area (Å²) in [5, 5.41) is 7.00. The van der Waals surface area contributed by atoms with Crippen molar-refractivity contribution < 1.29 is 4.79 Å². The molecular formula is C10H16BrN3O. The molecule has 0 radical (unpaired) electrons. The third-order valence-corrected chi connectivity index (χ3v) is 2.76. The number of halogens is 1. The molecule has 84 valence electrons. The Labute approximate surface area is 98.2 Å². The van der Waals surface area contributed by atoms with Gasteiger partial charge in [0.1, 0.15) is 6.04 Å². The molecule has 0 aliphatic rings. The molecule has 0 aromatic carbocycles. The lowest BCUT2D eigenvalue weighted by molar-refractivity contribution is -0.124. The van der Waals surface area contributed by atoms with Crippen molar-refractivity contribution in [3.05, 3.63) is 16.9 Å². The fraction of sp³-hybridized carbons (Fsp3) is 0.600. The molecule has 1 aromatic rings. The van der Waals surface area contributed by atoms with E-state index in [2.05, 4.69) is 26.3 Å². The second-order valence-electron chi connectivity index (χ2n) is 3.63. The lowest BCUT2D eigenvalue weighted by Gasteiger charge is -2.16. The Bertz CT molecular complexity index is 337. The average Bonchev–Trinajstić information content (AvgIpc) is 2.63. The number of hydrogen-bond acceptors (Lipinski definition) is 2. The number of aromatic nitrogens is 2. The predicted octanol–water partition coefficient (Wildman–Crippen LogP) is 2.12. The van der Waals surface area contributed by atoms with E-state index in [1.165, 1.54) is 0 Å². The van der Waals surface area contributed by atoms with Gasteiger partial charge in [0.15, 0.2) is 0 Å². The molecule has 0 fully saturated rings. The van der Waals surface area contributed by atoms with E-state index in [1.807, 2.05) is 20.8 Å². The zero-order valence-electron chi connectivity index (χ0n) is 9.20. The summed E-state index contributed by atoms with van der Waals surface area (Å²) in [7, 11) is 0. The topological polar surface area (TPSA) is 46.9 Å². The van der Waals surface area contributed by atoms with Crippen LogP contribution in [0, 0.1) is 0 Å². The Balaban J connectivity index is 2.60. The second kappa shape index (κ2) is 5.30. The molecule has 0 saturated heterocycles. The van der Waals surface area contributed by atoms with Crippen LogP contribution in [0.2, 0.25) is 0 Å². The minimum atomic E-state index is -0.273. The van der Waals surface area contributed by atoms with Crippen LogP contribution in [0.4, 0.5) is 0 Å². The molecule has 5 heteroatoms. The Morgan fingerprint density at radius 2 is 2.33 bits per heavy atom. The van der Waals surface area contributed by atoms with Crippen molar-refractivity contribution in [1.82, 2.24) is 15.1 Å². The number of rotatable bonds is 4. The highest BCUT2D eigenvalue weighted by molar-refractivity contribution is 9.10. The summed E-state index contributed by atoms with van der Waals surface area (Å²) in [5.74, 6) is -0.0000463. The van der Waals surface area contributed by atoms with Gasteiger partial charge in [0.25, 0.3) is 0 Å². The molecule has 1 N–H and O–H groups in total. The first-order valence-electron chi connectivity index (χ1n) is 5.04. The number of carbonyl (C=O) groups excluding carboxylic acids is 1. The van der Waals surface area contributed by atoms with Gasteiger partial charge in [-0.2, -0.15) is 5.10 Å². The molecule has 0 bridgehead atoms. The fourth-order valence-electron chi connectivity index (χ4n) is 1.11. The van der Waals surface area contributed by atoms with Crippen LogP contribution in [-0.4, -0.2) is 21.7 Å². The number of nitrogens with zero attached hydrogens (tertiary/aromatic N) is 2. The van der Waals surface area contributed by atoms with Crippen LogP contribution in [0.15, 0.2) is 16.9 Å². The Morgan fingerprint density at radius 1 is 1.67 bits per heavy atom. The maximum Gasteiger partial charge on any atom is 0.244 e. The van der Waals surface area contributed by atoms with E-state index in [9.17, 15) is 4.79 Å². The summed E-state index contributed by atoms with van der Waals surface area (Å²) in [4.78, 5) is 11.7. The smallest absolute Gasteiger partial charge is 0.244 e. The summed E-state index contributed by atoms with van der Waals surface area (Å²) in [6, 6.07) is -0.0655. The molecule has 1 aromatic heterocycles. The first-order chi connectivity index (χ1) is 7.04. The Kier molecular flexibility index (Phi) is 4.32. The summed E-state index contributed by atoms with van der Waals surface area (Å²) in [6.07, 6.45) is 4.40. The molecule has 0 saturated carbocycles. The van der Waals surface area contributed by atoms with E-state index < -0.39 is 0 Å². The lowest BCUT2D eigenvalue weighted by atomic mass is 10.2. The number of hydrogen-bond donors (Lipinski definition) is 1. The van der Waals surface area contributed by atoms with Crippen LogP contribution in [-0.2, 0) is 4.79 Å². The van der Waals surface area contributed by atoms with Gasteiger partial charge < -0.3 is 5.32 Å². The van der Waals surface area contributed by atoms with Gasteiger partial charge in [-0.3, -0.25) is 9.48 Å². The summed E-state index contributed by atoms with van der Waals surface area (Å²) < 4.78 is 2.52. The largest absolute Gasteiger partial charge is 0.352 e. The molecule has 4 nitrogen and oxygen atoms in total. The van der Waals surface area contributed by atoms with Crippen LogP contribution in [0.25, 0.3) is 0 Å². The zero-order chi connectivity index (χ0) is 11.4. The first-order valence-corrected chi connectivity index (χ1v) is 5.84. The highest BCUT2D eigenvalue weighted by Crippen LogP contribution is 2.11. The third-order valence-electron chi connectivity index (χ3n) is 2.35. The van der Waals surface area contributed by atoms with Gasteiger partial charge in [-0.25, -0.2) is 0 Å². The van der Waals surface area contributed by atoms with Crippen LogP contribution in [0.5, 0.6) is 0 Å². The fourth-order valence-corrected chi connectivity index (χ4v) is 1.41. The molecule has 1 rings (SSSR count). The number of carbonyl (C=O) groups is 1. The second-order valence-corrected chi connectivity index (χ2v) is 4.55. The number of nitrogens with one attached hydrogen (secondary N) is 1. The standard InChI is InChI=1S/C10H16BrN3O/c1-4-7(2)13-10(15)8(3)14-6-9(11)5-12-14/h5-8H,4H2,1-3H3,(H,13,15).